The minimum absolute atomic E-state index is 0.0690. The number of esters is 1. The predicted octanol–water partition coefficient (Wildman–Crippen LogP) is 2.62. The number of rotatable bonds is 7. The molecule has 0 saturated carbocycles. The van der Waals surface area contributed by atoms with E-state index in [1.165, 1.54) is 19.2 Å². The quantitative estimate of drug-likeness (QED) is 0.612. The molecular weight excluding hydrogens is 325 g/mol. The van der Waals surface area contributed by atoms with Crippen LogP contribution in [0.2, 0.25) is 10.0 Å². The third-order valence-electron chi connectivity index (χ3n) is 2.52. The molecule has 1 aromatic carbocycles. The van der Waals surface area contributed by atoms with Gasteiger partial charge in [0.05, 0.1) is 17.2 Å². The second kappa shape index (κ2) is 7.83. The lowest BCUT2D eigenvalue weighted by Crippen LogP contribution is -2.25. The molecule has 20 heavy (non-hydrogen) atoms. The van der Waals surface area contributed by atoms with E-state index < -0.39 is 10.0 Å². The van der Waals surface area contributed by atoms with Crippen molar-refractivity contribution in [2.45, 2.75) is 24.2 Å². The molecule has 0 radical (unpaired) electrons. The third-order valence-corrected chi connectivity index (χ3v) is 4.93. The summed E-state index contributed by atoms with van der Waals surface area (Å²) in [6.45, 7) is 0.195. The molecule has 112 valence electrons. The number of benzene rings is 1. The summed E-state index contributed by atoms with van der Waals surface area (Å²) in [5.41, 5.74) is 0. The minimum atomic E-state index is -3.76. The summed E-state index contributed by atoms with van der Waals surface area (Å²) in [5.74, 6) is -0.318. The number of methoxy groups -OCH3 is 1. The smallest absolute Gasteiger partial charge is 0.305 e. The Labute approximate surface area is 128 Å². The molecule has 0 saturated heterocycles. The maximum atomic E-state index is 12.1. The summed E-state index contributed by atoms with van der Waals surface area (Å²) in [6, 6.07) is 4.48. The van der Waals surface area contributed by atoms with Crippen LogP contribution in [0.1, 0.15) is 19.3 Å². The number of carbonyl (C=O) groups is 1. The summed E-state index contributed by atoms with van der Waals surface area (Å²) >= 11 is 11.7. The summed E-state index contributed by atoms with van der Waals surface area (Å²) in [4.78, 5) is 10.8. The van der Waals surface area contributed by atoms with Crippen LogP contribution in [0.4, 0.5) is 0 Å². The zero-order valence-electron chi connectivity index (χ0n) is 10.9. The van der Waals surface area contributed by atoms with E-state index in [1.807, 2.05) is 0 Å². The fraction of sp³-hybridized carbons (Fsp3) is 0.417. The fourth-order valence-corrected chi connectivity index (χ4v) is 3.73. The molecule has 8 heteroatoms. The molecule has 0 aliphatic heterocycles. The highest BCUT2D eigenvalue weighted by Gasteiger charge is 2.20. The van der Waals surface area contributed by atoms with Crippen molar-refractivity contribution in [3.05, 3.63) is 28.2 Å². The molecule has 1 aromatic rings. The zero-order chi connectivity index (χ0) is 15.2. The molecule has 1 rings (SSSR count). The highest BCUT2D eigenvalue weighted by molar-refractivity contribution is 7.89. The lowest BCUT2D eigenvalue weighted by atomic mass is 10.2. The standard InChI is InChI=1S/C12H15Cl2NO4S/c1-19-11(16)7-2-3-8-15-20(17,18)12-9(13)5-4-6-10(12)14/h4-6,15H,2-3,7-8H2,1H3. The van der Waals surface area contributed by atoms with Crippen LogP contribution in [-0.4, -0.2) is 28.0 Å². The van der Waals surface area contributed by atoms with E-state index in [9.17, 15) is 13.2 Å². The molecule has 0 amide bonds. The van der Waals surface area contributed by atoms with Gasteiger partial charge in [-0.15, -0.1) is 0 Å². The van der Waals surface area contributed by atoms with Gasteiger partial charge in [0.1, 0.15) is 4.90 Å². The van der Waals surface area contributed by atoms with Crippen molar-refractivity contribution >= 4 is 39.2 Å². The highest BCUT2D eigenvalue weighted by atomic mass is 35.5. The van der Waals surface area contributed by atoms with Crippen molar-refractivity contribution in [2.75, 3.05) is 13.7 Å². The first-order chi connectivity index (χ1) is 9.38. The summed E-state index contributed by atoms with van der Waals surface area (Å²) in [5, 5.41) is 0.138. The summed E-state index contributed by atoms with van der Waals surface area (Å²) in [7, 11) is -2.45. The van der Waals surface area contributed by atoms with Gasteiger partial charge in [-0.1, -0.05) is 29.3 Å². The third kappa shape index (κ3) is 4.94. The Bertz CT molecular complexity index is 555. The van der Waals surface area contributed by atoms with Gasteiger partial charge in [-0.2, -0.15) is 0 Å². The van der Waals surface area contributed by atoms with Gasteiger partial charge in [0.25, 0.3) is 0 Å². The van der Waals surface area contributed by atoms with Crippen LogP contribution in [-0.2, 0) is 19.6 Å². The maximum absolute atomic E-state index is 12.1. The van der Waals surface area contributed by atoms with Crippen molar-refractivity contribution in [1.29, 1.82) is 0 Å². The first-order valence-corrected chi connectivity index (χ1v) is 8.13. The molecule has 0 aromatic heterocycles. The van der Waals surface area contributed by atoms with Crippen molar-refractivity contribution in [1.82, 2.24) is 4.72 Å². The normalized spacial score (nSPS) is 11.3. The molecular formula is C12H15Cl2NO4S. The van der Waals surface area contributed by atoms with Gasteiger partial charge in [-0.25, -0.2) is 13.1 Å². The van der Waals surface area contributed by atoms with Crippen molar-refractivity contribution < 1.29 is 17.9 Å². The van der Waals surface area contributed by atoms with Crippen LogP contribution in [0.3, 0.4) is 0 Å². The molecule has 5 nitrogen and oxygen atoms in total. The van der Waals surface area contributed by atoms with Crippen molar-refractivity contribution in [3.8, 4) is 0 Å². The van der Waals surface area contributed by atoms with E-state index in [1.54, 1.807) is 6.07 Å². The van der Waals surface area contributed by atoms with Crippen LogP contribution < -0.4 is 4.72 Å². The van der Waals surface area contributed by atoms with Crippen LogP contribution in [0, 0.1) is 0 Å². The molecule has 0 aliphatic rings. The van der Waals surface area contributed by atoms with Gasteiger partial charge in [-0.05, 0) is 25.0 Å². The van der Waals surface area contributed by atoms with E-state index in [-0.39, 0.29) is 33.9 Å². The molecule has 0 heterocycles. The number of unbranched alkanes of at least 4 members (excludes halogenated alkanes) is 1. The molecule has 0 atom stereocenters. The Balaban J connectivity index is 2.57. The van der Waals surface area contributed by atoms with E-state index in [2.05, 4.69) is 9.46 Å². The first-order valence-electron chi connectivity index (χ1n) is 5.89. The first kappa shape index (κ1) is 17.2. The lowest BCUT2D eigenvalue weighted by Gasteiger charge is -2.09. The molecule has 1 N–H and O–H groups in total. The molecule has 0 fully saturated rings. The van der Waals surface area contributed by atoms with Crippen LogP contribution >= 0.6 is 23.2 Å². The van der Waals surface area contributed by atoms with Crippen molar-refractivity contribution in [2.24, 2.45) is 0 Å². The monoisotopic (exact) mass is 339 g/mol. The SMILES string of the molecule is COC(=O)CCCCNS(=O)(=O)c1c(Cl)cccc1Cl. The average Bonchev–Trinajstić information content (AvgIpc) is 2.37. The Morgan fingerprint density at radius 1 is 1.25 bits per heavy atom. The molecule has 0 aliphatic carbocycles. The van der Waals surface area contributed by atoms with Crippen LogP contribution in [0.5, 0.6) is 0 Å². The van der Waals surface area contributed by atoms with Gasteiger partial charge in [0.2, 0.25) is 10.0 Å². The second-order valence-corrected chi connectivity index (χ2v) is 6.50. The number of carbonyl (C=O) groups excluding carboxylic acids is 1. The molecule has 0 spiro atoms. The number of halogens is 2. The zero-order valence-corrected chi connectivity index (χ0v) is 13.2. The van der Waals surface area contributed by atoms with Gasteiger partial charge in [-0.3, -0.25) is 4.79 Å². The minimum Gasteiger partial charge on any atom is -0.469 e. The Kier molecular flexibility index (Phi) is 6.75. The van der Waals surface area contributed by atoms with Gasteiger partial charge < -0.3 is 4.74 Å². The van der Waals surface area contributed by atoms with E-state index in [0.29, 0.717) is 12.8 Å². The summed E-state index contributed by atoms with van der Waals surface area (Å²) < 4.78 is 31.0. The average molecular weight is 340 g/mol. The number of ether oxygens (including phenoxy) is 1. The highest BCUT2D eigenvalue weighted by Crippen LogP contribution is 2.28. The molecule has 0 bridgehead atoms. The lowest BCUT2D eigenvalue weighted by molar-refractivity contribution is -0.140. The number of sulfonamides is 1. The van der Waals surface area contributed by atoms with Crippen LogP contribution in [0.25, 0.3) is 0 Å². The number of nitrogens with one attached hydrogen (secondary N) is 1. The fourth-order valence-electron chi connectivity index (χ4n) is 1.51. The molecule has 0 unspecified atom stereocenters. The van der Waals surface area contributed by atoms with Crippen LogP contribution in [0.15, 0.2) is 23.1 Å². The van der Waals surface area contributed by atoms with Gasteiger partial charge in [0.15, 0.2) is 0 Å². The Morgan fingerprint density at radius 3 is 2.40 bits per heavy atom. The Morgan fingerprint density at radius 2 is 1.85 bits per heavy atom. The Hall–Kier alpha value is -0.820. The topological polar surface area (TPSA) is 72.5 Å². The second-order valence-electron chi connectivity index (χ2n) is 3.98. The largest absolute Gasteiger partial charge is 0.469 e. The van der Waals surface area contributed by atoms with E-state index in [4.69, 9.17) is 23.2 Å². The number of hydrogen-bond acceptors (Lipinski definition) is 4. The predicted molar refractivity (Wildman–Crippen MR) is 77.5 cm³/mol. The van der Waals surface area contributed by atoms with Gasteiger partial charge in [0, 0.05) is 13.0 Å². The van der Waals surface area contributed by atoms with E-state index >= 15 is 0 Å². The number of hydrogen-bond donors (Lipinski definition) is 1. The summed E-state index contributed by atoms with van der Waals surface area (Å²) in [6.07, 6.45) is 1.30. The maximum Gasteiger partial charge on any atom is 0.305 e. The van der Waals surface area contributed by atoms with E-state index in [0.717, 1.165) is 0 Å². The van der Waals surface area contributed by atoms with Gasteiger partial charge >= 0.3 is 5.97 Å². The van der Waals surface area contributed by atoms with Crippen molar-refractivity contribution in [3.63, 3.8) is 0 Å².